The number of thiazole rings is 1. The van der Waals surface area contributed by atoms with Crippen LogP contribution in [-0.4, -0.2) is 21.8 Å². The average Bonchev–Trinajstić information content (AvgIpc) is 3.16. The van der Waals surface area contributed by atoms with E-state index in [0.717, 1.165) is 9.35 Å². The standard InChI is InChI=1S/C13H9BrN4O2S2/c14-10-2-1-9(22-10)12(20)18-13-17-8(5-21-13)6-3-7(11(15)19)16-4-6/h1-5,16H,(H2,15,19)(H,17,18,20). The van der Waals surface area contributed by atoms with Gasteiger partial charge in [-0.3, -0.25) is 14.9 Å². The smallest absolute Gasteiger partial charge is 0.267 e. The molecule has 0 unspecified atom stereocenters. The summed E-state index contributed by atoms with van der Waals surface area (Å²) in [4.78, 5) is 30.8. The van der Waals surface area contributed by atoms with Crippen LogP contribution in [0.3, 0.4) is 0 Å². The molecule has 0 aliphatic rings. The van der Waals surface area contributed by atoms with Gasteiger partial charge in [0.15, 0.2) is 5.13 Å². The minimum atomic E-state index is -0.529. The number of nitrogens with two attached hydrogens (primary N) is 1. The highest BCUT2D eigenvalue weighted by atomic mass is 79.9. The van der Waals surface area contributed by atoms with Gasteiger partial charge in [0.25, 0.3) is 11.8 Å². The predicted molar refractivity (Wildman–Crippen MR) is 90.4 cm³/mol. The van der Waals surface area contributed by atoms with Crippen molar-refractivity contribution in [3.8, 4) is 11.3 Å². The van der Waals surface area contributed by atoms with Gasteiger partial charge in [-0.15, -0.1) is 22.7 Å². The van der Waals surface area contributed by atoms with E-state index in [9.17, 15) is 9.59 Å². The van der Waals surface area contributed by atoms with Crippen molar-refractivity contribution in [1.29, 1.82) is 0 Å². The summed E-state index contributed by atoms with van der Waals surface area (Å²) in [5, 5.41) is 5.04. The molecule has 3 rings (SSSR count). The van der Waals surface area contributed by atoms with Crippen LogP contribution in [-0.2, 0) is 0 Å². The third-order valence-electron chi connectivity index (χ3n) is 2.77. The number of amides is 2. The van der Waals surface area contributed by atoms with Gasteiger partial charge in [-0.2, -0.15) is 0 Å². The molecule has 3 heterocycles. The molecular formula is C13H9BrN4O2S2. The van der Waals surface area contributed by atoms with Crippen LogP contribution in [0.15, 0.2) is 33.6 Å². The van der Waals surface area contributed by atoms with E-state index < -0.39 is 5.91 Å². The first kappa shape index (κ1) is 14.9. The van der Waals surface area contributed by atoms with Gasteiger partial charge < -0.3 is 10.7 Å². The zero-order valence-electron chi connectivity index (χ0n) is 10.9. The van der Waals surface area contributed by atoms with Gasteiger partial charge in [0.05, 0.1) is 14.4 Å². The summed E-state index contributed by atoms with van der Waals surface area (Å²) in [6.45, 7) is 0. The molecule has 9 heteroatoms. The number of anilines is 1. The molecule has 2 amide bonds. The SMILES string of the molecule is NC(=O)c1cc(-c2csc(NC(=O)c3ccc(Br)s3)n2)c[nH]1. The highest BCUT2D eigenvalue weighted by Gasteiger charge is 2.13. The Kier molecular flexibility index (Phi) is 4.10. The second kappa shape index (κ2) is 6.03. The van der Waals surface area contributed by atoms with Crippen molar-refractivity contribution in [1.82, 2.24) is 9.97 Å². The molecule has 0 aliphatic heterocycles. The van der Waals surface area contributed by atoms with E-state index in [4.69, 9.17) is 5.73 Å². The number of hydrogen-bond acceptors (Lipinski definition) is 5. The number of primary amides is 1. The molecule has 4 N–H and O–H groups in total. The molecule has 0 fully saturated rings. The Labute approximate surface area is 141 Å². The summed E-state index contributed by atoms with van der Waals surface area (Å²) in [5.74, 6) is -0.734. The fourth-order valence-corrected chi connectivity index (χ4v) is 3.74. The van der Waals surface area contributed by atoms with Crippen LogP contribution in [0.4, 0.5) is 5.13 Å². The number of nitrogens with one attached hydrogen (secondary N) is 2. The van der Waals surface area contributed by atoms with E-state index in [1.807, 2.05) is 6.07 Å². The second-order valence-corrected chi connectivity index (χ2v) is 7.58. The lowest BCUT2D eigenvalue weighted by Crippen LogP contribution is -2.10. The first-order chi connectivity index (χ1) is 10.5. The molecule has 0 spiro atoms. The maximum atomic E-state index is 12.0. The third-order valence-corrected chi connectivity index (χ3v) is 5.15. The molecule has 0 saturated heterocycles. The molecule has 0 atom stereocenters. The van der Waals surface area contributed by atoms with Crippen molar-refractivity contribution in [3.63, 3.8) is 0 Å². The van der Waals surface area contributed by atoms with Gasteiger partial charge in [-0.25, -0.2) is 4.98 Å². The van der Waals surface area contributed by atoms with Gasteiger partial charge in [0, 0.05) is 17.1 Å². The summed E-state index contributed by atoms with van der Waals surface area (Å²) in [7, 11) is 0. The Balaban J connectivity index is 1.75. The number of hydrogen-bond donors (Lipinski definition) is 3. The maximum absolute atomic E-state index is 12.0. The number of halogens is 1. The fraction of sp³-hybridized carbons (Fsp3) is 0. The zero-order valence-corrected chi connectivity index (χ0v) is 14.1. The monoisotopic (exact) mass is 396 g/mol. The van der Waals surface area contributed by atoms with Gasteiger partial charge in [0.2, 0.25) is 0 Å². The Hall–Kier alpha value is -1.97. The van der Waals surface area contributed by atoms with Crippen molar-refractivity contribution in [2.75, 3.05) is 5.32 Å². The predicted octanol–water partition coefficient (Wildman–Crippen LogP) is 3.31. The van der Waals surface area contributed by atoms with E-state index in [1.54, 1.807) is 23.7 Å². The molecule has 0 aromatic carbocycles. The van der Waals surface area contributed by atoms with Gasteiger partial charge in [-0.1, -0.05) is 0 Å². The number of carbonyl (C=O) groups is 2. The second-order valence-electron chi connectivity index (χ2n) is 4.26. The van der Waals surface area contributed by atoms with Crippen molar-refractivity contribution in [3.05, 3.63) is 44.1 Å². The Bertz CT molecular complexity index is 852. The van der Waals surface area contributed by atoms with Crippen molar-refractivity contribution in [2.24, 2.45) is 5.73 Å². The van der Waals surface area contributed by atoms with Gasteiger partial charge in [0.1, 0.15) is 5.69 Å². The molecule has 6 nitrogen and oxygen atoms in total. The normalized spacial score (nSPS) is 10.6. The molecule has 22 heavy (non-hydrogen) atoms. The molecule has 0 radical (unpaired) electrons. The van der Waals surface area contributed by atoms with E-state index in [2.05, 4.69) is 31.2 Å². The number of H-pyrrole nitrogens is 1. The number of carbonyl (C=O) groups excluding carboxylic acids is 2. The van der Waals surface area contributed by atoms with Crippen LogP contribution in [0.1, 0.15) is 20.2 Å². The summed E-state index contributed by atoms with van der Waals surface area (Å²) in [6.07, 6.45) is 1.65. The first-order valence-corrected chi connectivity index (χ1v) is 8.52. The van der Waals surface area contributed by atoms with Crippen molar-refractivity contribution < 1.29 is 9.59 Å². The average molecular weight is 397 g/mol. The Morgan fingerprint density at radius 2 is 2.18 bits per heavy atom. The van der Waals surface area contributed by atoms with Gasteiger partial charge in [-0.05, 0) is 34.1 Å². The van der Waals surface area contributed by atoms with Crippen LogP contribution in [0.25, 0.3) is 11.3 Å². The molecule has 0 saturated carbocycles. The first-order valence-electron chi connectivity index (χ1n) is 6.04. The number of rotatable bonds is 4. The largest absolute Gasteiger partial charge is 0.364 e. The lowest BCUT2D eigenvalue weighted by atomic mass is 10.2. The van der Waals surface area contributed by atoms with Crippen LogP contribution in [0.2, 0.25) is 0 Å². The summed E-state index contributed by atoms with van der Waals surface area (Å²) >= 11 is 5.98. The highest BCUT2D eigenvalue weighted by Crippen LogP contribution is 2.27. The lowest BCUT2D eigenvalue weighted by Gasteiger charge is -1.97. The van der Waals surface area contributed by atoms with E-state index in [0.29, 0.717) is 21.4 Å². The highest BCUT2D eigenvalue weighted by molar-refractivity contribution is 9.11. The van der Waals surface area contributed by atoms with Crippen LogP contribution < -0.4 is 11.1 Å². The van der Waals surface area contributed by atoms with Crippen molar-refractivity contribution in [2.45, 2.75) is 0 Å². The minimum Gasteiger partial charge on any atom is -0.364 e. The summed E-state index contributed by atoms with van der Waals surface area (Å²) in [5.41, 5.74) is 6.92. The Morgan fingerprint density at radius 3 is 2.82 bits per heavy atom. The lowest BCUT2D eigenvalue weighted by molar-refractivity contribution is 0.0994. The van der Waals surface area contributed by atoms with Crippen LogP contribution in [0, 0.1) is 0 Å². The topological polar surface area (TPSA) is 101 Å². The molecule has 0 aliphatic carbocycles. The summed E-state index contributed by atoms with van der Waals surface area (Å²) in [6, 6.07) is 5.18. The molecule has 112 valence electrons. The zero-order chi connectivity index (χ0) is 15.7. The maximum Gasteiger partial charge on any atom is 0.267 e. The third kappa shape index (κ3) is 3.11. The molecular weight excluding hydrogens is 388 g/mol. The quantitative estimate of drug-likeness (QED) is 0.630. The number of aromatic nitrogens is 2. The number of aromatic amines is 1. The van der Waals surface area contributed by atoms with E-state index in [-0.39, 0.29) is 5.91 Å². The fourth-order valence-electron chi connectivity index (χ4n) is 1.74. The molecule has 3 aromatic heterocycles. The van der Waals surface area contributed by atoms with E-state index >= 15 is 0 Å². The van der Waals surface area contributed by atoms with Gasteiger partial charge >= 0.3 is 0 Å². The number of thiophene rings is 1. The number of nitrogens with zero attached hydrogens (tertiary/aromatic N) is 1. The summed E-state index contributed by atoms with van der Waals surface area (Å²) < 4.78 is 0.892. The van der Waals surface area contributed by atoms with Crippen LogP contribution in [0.5, 0.6) is 0 Å². The molecule has 3 aromatic rings. The molecule has 0 bridgehead atoms. The van der Waals surface area contributed by atoms with Crippen molar-refractivity contribution >= 4 is 55.5 Å². The minimum absolute atomic E-state index is 0.205. The Morgan fingerprint density at radius 1 is 1.36 bits per heavy atom. The van der Waals surface area contributed by atoms with E-state index in [1.165, 1.54) is 22.7 Å². The van der Waals surface area contributed by atoms with Crippen LogP contribution >= 0.6 is 38.6 Å².